The molecule has 0 radical (unpaired) electrons. The highest BCUT2D eigenvalue weighted by atomic mass is 32.1. The molecule has 1 aliphatic rings. The summed E-state index contributed by atoms with van der Waals surface area (Å²) in [6.45, 7) is 0.218. The van der Waals surface area contributed by atoms with Crippen molar-refractivity contribution < 1.29 is 14.3 Å². The van der Waals surface area contributed by atoms with E-state index in [0.29, 0.717) is 16.6 Å². The summed E-state index contributed by atoms with van der Waals surface area (Å²) in [5.41, 5.74) is 3.44. The molecule has 0 bridgehead atoms. The highest BCUT2D eigenvalue weighted by Crippen LogP contribution is 2.33. The predicted molar refractivity (Wildman–Crippen MR) is 102 cm³/mol. The van der Waals surface area contributed by atoms with Gasteiger partial charge in [0.15, 0.2) is 16.6 Å². The molecular weight excluding hydrogens is 364 g/mol. The molecule has 0 unspecified atom stereocenters. The first-order chi connectivity index (χ1) is 13.3. The molecule has 7 nitrogen and oxygen atoms in total. The summed E-state index contributed by atoms with van der Waals surface area (Å²) < 4.78 is 10.6. The van der Waals surface area contributed by atoms with Gasteiger partial charge in [0, 0.05) is 28.7 Å². The second kappa shape index (κ2) is 6.40. The fourth-order valence-corrected chi connectivity index (χ4v) is 3.75. The normalized spacial score (nSPS) is 12.4. The van der Waals surface area contributed by atoms with Crippen LogP contribution in [0.3, 0.4) is 0 Å². The molecule has 1 aliphatic heterocycles. The number of H-pyrrole nitrogens is 1. The standard InChI is InChI=1S/C19H14N4O3S/c24-17(7-11-3-4-15-16(6-11)26-10-25-15)23-19-22-14(9-27-19)13-8-21-18-12(13)2-1-5-20-18/h1-6,8-9H,7,10H2,(H,20,21)(H,22,23,24). The number of nitrogens with one attached hydrogen (secondary N) is 2. The lowest BCUT2D eigenvalue weighted by Crippen LogP contribution is -2.14. The number of benzene rings is 1. The molecule has 0 saturated heterocycles. The number of anilines is 1. The van der Waals surface area contributed by atoms with Crippen molar-refractivity contribution in [3.8, 4) is 22.8 Å². The van der Waals surface area contributed by atoms with Crippen molar-refractivity contribution in [1.29, 1.82) is 0 Å². The summed E-state index contributed by atoms with van der Waals surface area (Å²) in [6, 6.07) is 9.39. The minimum Gasteiger partial charge on any atom is -0.454 e. The first-order valence-electron chi connectivity index (χ1n) is 8.33. The predicted octanol–water partition coefficient (Wildman–Crippen LogP) is 3.60. The van der Waals surface area contributed by atoms with Gasteiger partial charge in [0.2, 0.25) is 12.7 Å². The summed E-state index contributed by atoms with van der Waals surface area (Å²) in [4.78, 5) is 24.3. The van der Waals surface area contributed by atoms with Crippen LogP contribution in [0.2, 0.25) is 0 Å². The van der Waals surface area contributed by atoms with Crippen LogP contribution in [-0.4, -0.2) is 27.7 Å². The van der Waals surface area contributed by atoms with Crippen molar-refractivity contribution in [3.05, 3.63) is 53.7 Å². The van der Waals surface area contributed by atoms with Crippen LogP contribution >= 0.6 is 11.3 Å². The van der Waals surface area contributed by atoms with Gasteiger partial charge in [-0.2, -0.15) is 0 Å². The van der Waals surface area contributed by atoms with Crippen molar-refractivity contribution >= 4 is 33.4 Å². The number of amides is 1. The fraction of sp³-hybridized carbons (Fsp3) is 0.105. The van der Waals surface area contributed by atoms with E-state index in [0.717, 1.165) is 27.9 Å². The van der Waals surface area contributed by atoms with Crippen LogP contribution in [0.5, 0.6) is 11.5 Å². The van der Waals surface area contributed by atoms with E-state index in [4.69, 9.17) is 9.47 Å². The number of carbonyl (C=O) groups excluding carboxylic acids is 1. The number of pyridine rings is 1. The average Bonchev–Trinajstić information content (AvgIpc) is 3.40. The Hall–Kier alpha value is -3.39. The molecular formula is C19H14N4O3S. The lowest BCUT2D eigenvalue weighted by Gasteiger charge is -2.03. The largest absolute Gasteiger partial charge is 0.454 e. The van der Waals surface area contributed by atoms with Gasteiger partial charge < -0.3 is 19.8 Å². The molecule has 5 rings (SSSR count). The highest BCUT2D eigenvalue weighted by Gasteiger charge is 2.16. The Bertz CT molecular complexity index is 1150. The molecule has 8 heteroatoms. The first kappa shape index (κ1) is 15.8. The van der Waals surface area contributed by atoms with Crippen molar-refractivity contribution in [2.24, 2.45) is 0 Å². The number of ether oxygens (including phenoxy) is 2. The number of aromatic amines is 1. The quantitative estimate of drug-likeness (QED) is 0.566. The maximum absolute atomic E-state index is 12.4. The molecule has 134 valence electrons. The first-order valence-corrected chi connectivity index (χ1v) is 9.20. The molecule has 1 amide bonds. The monoisotopic (exact) mass is 378 g/mol. The zero-order valence-electron chi connectivity index (χ0n) is 14.1. The lowest BCUT2D eigenvalue weighted by atomic mass is 10.1. The van der Waals surface area contributed by atoms with Crippen LogP contribution in [-0.2, 0) is 11.2 Å². The maximum atomic E-state index is 12.4. The van der Waals surface area contributed by atoms with Crippen molar-refractivity contribution in [2.75, 3.05) is 12.1 Å². The Kier molecular flexibility index (Phi) is 3.75. The van der Waals surface area contributed by atoms with Gasteiger partial charge in [0.05, 0.1) is 12.1 Å². The fourth-order valence-electron chi connectivity index (χ4n) is 3.02. The summed E-state index contributed by atoms with van der Waals surface area (Å²) in [5.74, 6) is 1.25. The molecule has 0 atom stereocenters. The number of thiazole rings is 1. The minimum absolute atomic E-state index is 0.129. The van der Waals surface area contributed by atoms with E-state index in [1.165, 1.54) is 11.3 Å². The minimum atomic E-state index is -0.129. The Balaban J connectivity index is 1.31. The van der Waals surface area contributed by atoms with Gasteiger partial charge >= 0.3 is 0 Å². The number of hydrogen-bond acceptors (Lipinski definition) is 6. The van der Waals surface area contributed by atoms with Crippen LogP contribution in [0, 0.1) is 0 Å². The van der Waals surface area contributed by atoms with Crippen LogP contribution < -0.4 is 14.8 Å². The number of nitrogens with zero attached hydrogens (tertiary/aromatic N) is 2. The third-order valence-electron chi connectivity index (χ3n) is 4.28. The van der Waals surface area contributed by atoms with E-state index < -0.39 is 0 Å². The SMILES string of the molecule is O=C(Cc1ccc2c(c1)OCO2)Nc1nc(-c2c[nH]c3ncccc23)cs1. The molecule has 0 fully saturated rings. The molecule has 27 heavy (non-hydrogen) atoms. The van der Waals surface area contributed by atoms with E-state index in [-0.39, 0.29) is 19.1 Å². The molecule has 0 aliphatic carbocycles. The third kappa shape index (κ3) is 3.00. The van der Waals surface area contributed by atoms with Gasteiger partial charge in [-0.3, -0.25) is 4.79 Å². The second-order valence-corrected chi connectivity index (χ2v) is 6.91. The number of carbonyl (C=O) groups is 1. The summed E-state index contributed by atoms with van der Waals surface area (Å²) in [7, 11) is 0. The molecule has 0 saturated carbocycles. The number of aromatic nitrogens is 3. The smallest absolute Gasteiger partial charge is 0.231 e. The Morgan fingerprint density at radius 2 is 2.19 bits per heavy atom. The van der Waals surface area contributed by atoms with Crippen LogP contribution in [0.1, 0.15) is 5.56 Å². The van der Waals surface area contributed by atoms with E-state index in [2.05, 4.69) is 20.3 Å². The number of rotatable bonds is 4. The summed E-state index contributed by atoms with van der Waals surface area (Å²) in [6.07, 6.45) is 3.86. The Morgan fingerprint density at radius 1 is 1.26 bits per heavy atom. The van der Waals surface area contributed by atoms with Gasteiger partial charge in [-0.1, -0.05) is 6.07 Å². The van der Waals surface area contributed by atoms with Crippen LogP contribution in [0.25, 0.3) is 22.3 Å². The molecule has 0 spiro atoms. The van der Waals surface area contributed by atoms with Crippen LogP contribution in [0.15, 0.2) is 48.1 Å². The molecule has 2 N–H and O–H groups in total. The topological polar surface area (TPSA) is 89.1 Å². The molecule has 4 heterocycles. The van der Waals surface area contributed by atoms with E-state index in [9.17, 15) is 4.79 Å². The van der Waals surface area contributed by atoms with Crippen molar-refractivity contribution in [1.82, 2.24) is 15.0 Å². The number of hydrogen-bond donors (Lipinski definition) is 2. The lowest BCUT2D eigenvalue weighted by molar-refractivity contribution is -0.115. The highest BCUT2D eigenvalue weighted by molar-refractivity contribution is 7.14. The van der Waals surface area contributed by atoms with Crippen molar-refractivity contribution in [2.45, 2.75) is 6.42 Å². The Morgan fingerprint density at radius 3 is 3.15 bits per heavy atom. The van der Waals surface area contributed by atoms with Gasteiger partial charge in [-0.05, 0) is 29.8 Å². The van der Waals surface area contributed by atoms with Gasteiger partial charge in [-0.15, -0.1) is 11.3 Å². The maximum Gasteiger partial charge on any atom is 0.231 e. The van der Waals surface area contributed by atoms with Gasteiger partial charge in [-0.25, -0.2) is 9.97 Å². The third-order valence-corrected chi connectivity index (χ3v) is 5.04. The second-order valence-electron chi connectivity index (χ2n) is 6.05. The van der Waals surface area contributed by atoms with E-state index in [1.54, 1.807) is 6.20 Å². The van der Waals surface area contributed by atoms with E-state index in [1.807, 2.05) is 41.9 Å². The zero-order valence-corrected chi connectivity index (χ0v) is 14.9. The number of fused-ring (bicyclic) bond motifs is 2. The molecule has 4 aromatic rings. The van der Waals surface area contributed by atoms with Crippen LogP contribution in [0.4, 0.5) is 5.13 Å². The molecule has 3 aromatic heterocycles. The molecule has 1 aromatic carbocycles. The summed E-state index contributed by atoms with van der Waals surface area (Å²) >= 11 is 1.39. The Labute approximate surface area is 158 Å². The van der Waals surface area contributed by atoms with Gasteiger partial charge in [0.1, 0.15) is 5.65 Å². The zero-order chi connectivity index (χ0) is 18.2. The van der Waals surface area contributed by atoms with Crippen molar-refractivity contribution in [3.63, 3.8) is 0 Å². The van der Waals surface area contributed by atoms with Gasteiger partial charge in [0.25, 0.3) is 0 Å². The van der Waals surface area contributed by atoms with E-state index >= 15 is 0 Å². The summed E-state index contributed by atoms with van der Waals surface area (Å²) in [5, 5.41) is 6.35. The average molecular weight is 378 g/mol.